The average molecular weight is 257 g/mol. The Kier molecular flexibility index (Phi) is 3.15. The Balaban J connectivity index is 3.62. The van der Waals surface area contributed by atoms with E-state index in [0.29, 0.717) is 0 Å². The summed E-state index contributed by atoms with van der Waals surface area (Å²) in [5, 5.41) is -0.842. The highest BCUT2D eigenvalue weighted by molar-refractivity contribution is 8.13. The number of anilines is 1. The van der Waals surface area contributed by atoms with Gasteiger partial charge in [-0.3, -0.25) is 0 Å². The molecule has 0 aliphatic heterocycles. The van der Waals surface area contributed by atoms with Crippen molar-refractivity contribution in [1.29, 1.82) is 0 Å². The van der Waals surface area contributed by atoms with Gasteiger partial charge in [-0.15, -0.1) is 0 Å². The van der Waals surface area contributed by atoms with Crippen LogP contribution in [0.3, 0.4) is 0 Å². The van der Waals surface area contributed by atoms with Gasteiger partial charge in [0.15, 0.2) is 5.03 Å². The number of aromatic nitrogens is 1. The maximum Gasteiger partial charge on any atom is 0.279 e. The van der Waals surface area contributed by atoms with Crippen LogP contribution in [0.2, 0.25) is 0 Å². The van der Waals surface area contributed by atoms with E-state index in [1.54, 1.807) is 0 Å². The molecule has 8 heteroatoms. The molecule has 4 nitrogen and oxygen atoms in total. The summed E-state index contributed by atoms with van der Waals surface area (Å²) < 4.78 is 47.1. The predicted molar refractivity (Wildman–Crippen MR) is 51.4 cm³/mol. The Bertz CT molecular complexity index is 490. The summed E-state index contributed by atoms with van der Waals surface area (Å²) in [5.41, 5.74) is 4.56. The van der Waals surface area contributed by atoms with Gasteiger partial charge in [-0.25, -0.2) is 22.2 Å². The van der Waals surface area contributed by atoms with Crippen LogP contribution in [0.25, 0.3) is 0 Å². The largest absolute Gasteiger partial charge is 0.397 e. The smallest absolute Gasteiger partial charge is 0.279 e. The van der Waals surface area contributed by atoms with Crippen molar-refractivity contribution in [2.75, 3.05) is 5.73 Å². The van der Waals surface area contributed by atoms with E-state index in [-0.39, 0.29) is 11.3 Å². The third-order valence-corrected chi connectivity index (χ3v) is 3.06. The maximum atomic E-state index is 12.6. The molecule has 0 radical (unpaired) electrons. The summed E-state index contributed by atoms with van der Waals surface area (Å²) in [5.74, 6) is 0. The van der Waals surface area contributed by atoms with Gasteiger partial charge in [0.1, 0.15) is 0 Å². The number of pyridine rings is 1. The molecule has 0 spiro atoms. The van der Waals surface area contributed by atoms with E-state index in [1.165, 1.54) is 6.92 Å². The summed E-state index contributed by atoms with van der Waals surface area (Å²) in [6, 6.07) is 0. The van der Waals surface area contributed by atoms with E-state index in [1.807, 2.05) is 0 Å². The molecule has 0 unspecified atom stereocenters. The number of hydrogen-bond acceptors (Lipinski definition) is 4. The first-order valence-electron chi connectivity index (χ1n) is 3.73. The van der Waals surface area contributed by atoms with Crippen molar-refractivity contribution in [1.82, 2.24) is 4.98 Å². The minimum Gasteiger partial charge on any atom is -0.397 e. The topological polar surface area (TPSA) is 73.0 Å². The van der Waals surface area contributed by atoms with Gasteiger partial charge in [0.25, 0.3) is 15.5 Å². The van der Waals surface area contributed by atoms with Gasteiger partial charge in [0.2, 0.25) is 0 Å². The van der Waals surface area contributed by atoms with Gasteiger partial charge in [0.05, 0.1) is 17.4 Å². The second-order valence-corrected chi connectivity index (χ2v) is 5.28. The molecule has 0 bridgehead atoms. The van der Waals surface area contributed by atoms with Crippen LogP contribution in [0, 0.1) is 6.92 Å². The minimum absolute atomic E-state index is 0.00522. The summed E-state index contributed by atoms with van der Waals surface area (Å²) in [6.07, 6.45) is -2.01. The lowest BCUT2D eigenvalue weighted by Crippen LogP contribution is -2.07. The van der Waals surface area contributed by atoms with Crippen LogP contribution in [0.5, 0.6) is 0 Å². The quantitative estimate of drug-likeness (QED) is 0.820. The highest BCUT2D eigenvalue weighted by Gasteiger charge is 2.26. The molecule has 15 heavy (non-hydrogen) atoms. The molecule has 0 saturated heterocycles. The summed E-state index contributed by atoms with van der Waals surface area (Å²) >= 11 is 0. The van der Waals surface area contributed by atoms with E-state index in [4.69, 9.17) is 16.4 Å². The van der Waals surface area contributed by atoms with Gasteiger partial charge < -0.3 is 5.73 Å². The van der Waals surface area contributed by atoms with Gasteiger partial charge in [0, 0.05) is 10.7 Å². The molecule has 0 aliphatic rings. The van der Waals surface area contributed by atoms with Crippen molar-refractivity contribution in [2.24, 2.45) is 0 Å². The number of halogens is 3. The number of alkyl halides is 2. The Hall–Kier alpha value is -0.950. The average Bonchev–Trinajstić information content (AvgIpc) is 2.06. The standard InChI is InChI=1S/C7H7ClF2N2O2S/c1-3-4(11)2-12-7(15(8,13)14)5(3)6(9)10/h2,6H,11H2,1H3. The fourth-order valence-corrected chi connectivity index (χ4v) is 2.11. The monoisotopic (exact) mass is 256 g/mol. The molecule has 1 aromatic heterocycles. The lowest BCUT2D eigenvalue weighted by molar-refractivity contribution is 0.146. The van der Waals surface area contributed by atoms with Crippen LogP contribution in [0.4, 0.5) is 14.5 Å². The first kappa shape index (κ1) is 12.1. The normalized spacial score (nSPS) is 12.1. The first-order valence-corrected chi connectivity index (χ1v) is 6.04. The fourth-order valence-electron chi connectivity index (χ4n) is 1.06. The molecule has 0 atom stereocenters. The predicted octanol–water partition coefficient (Wildman–Crippen LogP) is 1.84. The number of rotatable bonds is 2. The Morgan fingerprint density at radius 3 is 2.47 bits per heavy atom. The van der Waals surface area contributed by atoms with E-state index in [0.717, 1.165) is 6.20 Å². The number of nitrogens with two attached hydrogens (primary N) is 1. The number of hydrogen-bond donors (Lipinski definition) is 1. The van der Waals surface area contributed by atoms with Crippen molar-refractivity contribution in [3.8, 4) is 0 Å². The first-order chi connectivity index (χ1) is 6.75. The van der Waals surface area contributed by atoms with Crippen molar-refractivity contribution in [3.05, 3.63) is 17.3 Å². The molecular weight excluding hydrogens is 250 g/mol. The molecule has 1 aromatic rings. The van der Waals surface area contributed by atoms with Crippen LogP contribution in [0.1, 0.15) is 17.6 Å². The molecule has 1 heterocycles. The summed E-state index contributed by atoms with van der Waals surface area (Å²) in [6.45, 7) is 1.28. The van der Waals surface area contributed by atoms with Crippen LogP contribution in [0.15, 0.2) is 11.2 Å². The summed E-state index contributed by atoms with van der Waals surface area (Å²) in [7, 11) is 0.675. The van der Waals surface area contributed by atoms with E-state index >= 15 is 0 Å². The molecule has 0 aliphatic carbocycles. The summed E-state index contributed by atoms with van der Waals surface area (Å²) in [4.78, 5) is 3.31. The number of nitrogen functional groups attached to an aromatic ring is 1. The van der Waals surface area contributed by atoms with E-state index < -0.39 is 26.1 Å². The Labute approximate surface area is 89.5 Å². The van der Waals surface area contributed by atoms with Gasteiger partial charge in [-0.05, 0) is 12.5 Å². The molecule has 0 fully saturated rings. The Morgan fingerprint density at radius 1 is 1.53 bits per heavy atom. The number of nitrogens with zero attached hydrogens (tertiary/aromatic N) is 1. The van der Waals surface area contributed by atoms with Crippen molar-refractivity contribution < 1.29 is 17.2 Å². The minimum atomic E-state index is -4.29. The highest BCUT2D eigenvalue weighted by Crippen LogP contribution is 2.32. The zero-order valence-corrected chi connectivity index (χ0v) is 9.11. The van der Waals surface area contributed by atoms with Crippen molar-refractivity contribution in [3.63, 3.8) is 0 Å². The second kappa shape index (κ2) is 3.90. The molecular formula is C7H7ClF2N2O2S. The molecule has 0 amide bonds. The second-order valence-electron chi connectivity index (χ2n) is 2.80. The Morgan fingerprint density at radius 2 is 2.07 bits per heavy atom. The molecule has 0 aromatic carbocycles. The van der Waals surface area contributed by atoms with Crippen molar-refractivity contribution >= 4 is 25.4 Å². The van der Waals surface area contributed by atoms with Crippen LogP contribution >= 0.6 is 10.7 Å². The van der Waals surface area contributed by atoms with Crippen molar-refractivity contribution in [2.45, 2.75) is 18.4 Å². The zero-order valence-electron chi connectivity index (χ0n) is 7.54. The maximum absolute atomic E-state index is 12.6. The molecule has 1 rings (SSSR count). The van der Waals surface area contributed by atoms with E-state index in [9.17, 15) is 17.2 Å². The third kappa shape index (κ3) is 2.35. The van der Waals surface area contributed by atoms with Gasteiger partial charge in [-0.2, -0.15) is 0 Å². The lowest BCUT2D eigenvalue weighted by Gasteiger charge is -2.10. The van der Waals surface area contributed by atoms with Gasteiger partial charge >= 0.3 is 0 Å². The molecule has 2 N–H and O–H groups in total. The highest BCUT2D eigenvalue weighted by atomic mass is 35.7. The third-order valence-electron chi connectivity index (χ3n) is 1.84. The van der Waals surface area contributed by atoms with Crippen LogP contribution in [-0.4, -0.2) is 13.4 Å². The van der Waals surface area contributed by atoms with Crippen LogP contribution < -0.4 is 5.73 Å². The SMILES string of the molecule is Cc1c(N)cnc(S(=O)(=O)Cl)c1C(F)F. The van der Waals surface area contributed by atoms with E-state index in [2.05, 4.69) is 4.98 Å². The molecule has 0 saturated carbocycles. The molecule has 84 valence electrons. The van der Waals surface area contributed by atoms with Gasteiger partial charge in [-0.1, -0.05) is 0 Å². The van der Waals surface area contributed by atoms with Crippen LogP contribution in [-0.2, 0) is 9.05 Å². The fraction of sp³-hybridized carbons (Fsp3) is 0.286. The zero-order chi connectivity index (χ0) is 11.8. The lowest BCUT2D eigenvalue weighted by atomic mass is 10.1.